The molecule has 94 valence electrons. The van der Waals surface area contributed by atoms with E-state index in [4.69, 9.17) is 4.52 Å². The molecule has 0 aliphatic carbocycles. The molecule has 1 aromatic heterocycles. The van der Waals surface area contributed by atoms with Crippen LogP contribution in [0.1, 0.15) is 49.4 Å². The normalized spacial score (nSPS) is 19.3. The third-order valence-electron chi connectivity index (χ3n) is 3.64. The van der Waals surface area contributed by atoms with Crippen LogP contribution in [0.2, 0.25) is 0 Å². The number of fused-ring (bicyclic) bond motifs is 1. The zero-order chi connectivity index (χ0) is 12.5. The van der Waals surface area contributed by atoms with Crippen molar-refractivity contribution in [3.63, 3.8) is 0 Å². The molecule has 4 nitrogen and oxygen atoms in total. The van der Waals surface area contributed by atoms with Crippen molar-refractivity contribution in [1.82, 2.24) is 10.1 Å². The van der Waals surface area contributed by atoms with Crippen LogP contribution < -0.4 is 5.32 Å². The minimum atomic E-state index is 0.187. The summed E-state index contributed by atoms with van der Waals surface area (Å²) < 4.78 is 5.43. The lowest BCUT2D eigenvalue weighted by Crippen LogP contribution is -2.04. The Morgan fingerprint density at radius 3 is 3.11 bits per heavy atom. The zero-order valence-electron chi connectivity index (χ0n) is 10.7. The number of aromatic nitrogens is 2. The van der Waals surface area contributed by atoms with Crippen LogP contribution in [0.3, 0.4) is 0 Å². The zero-order valence-corrected chi connectivity index (χ0v) is 10.7. The molecule has 2 unspecified atom stereocenters. The van der Waals surface area contributed by atoms with Crippen molar-refractivity contribution >= 4 is 5.69 Å². The van der Waals surface area contributed by atoms with Crippen molar-refractivity contribution in [2.45, 2.75) is 32.1 Å². The molecule has 2 atom stereocenters. The topological polar surface area (TPSA) is 51.0 Å². The summed E-state index contributed by atoms with van der Waals surface area (Å²) in [6, 6.07) is 8.28. The number of hydrogen-bond donors (Lipinski definition) is 1. The van der Waals surface area contributed by atoms with E-state index in [0.717, 1.165) is 24.7 Å². The van der Waals surface area contributed by atoms with Crippen molar-refractivity contribution < 1.29 is 4.52 Å². The van der Waals surface area contributed by atoms with Crippen molar-refractivity contribution in [2.24, 2.45) is 0 Å². The van der Waals surface area contributed by atoms with Crippen LogP contribution in [0.15, 0.2) is 28.8 Å². The highest BCUT2D eigenvalue weighted by molar-refractivity contribution is 5.59. The predicted molar refractivity (Wildman–Crippen MR) is 69.8 cm³/mol. The molecule has 2 heterocycles. The molecule has 1 aromatic carbocycles. The van der Waals surface area contributed by atoms with E-state index in [-0.39, 0.29) is 5.92 Å². The SMILES string of the molecule is CCC(C)c1noc(C2CNc3ccccc32)n1. The van der Waals surface area contributed by atoms with Crippen LogP contribution in [0.25, 0.3) is 0 Å². The van der Waals surface area contributed by atoms with Crippen molar-refractivity contribution in [1.29, 1.82) is 0 Å². The average molecular weight is 243 g/mol. The Bertz CT molecular complexity index is 549. The van der Waals surface area contributed by atoms with E-state index in [0.29, 0.717) is 5.92 Å². The first-order valence-corrected chi connectivity index (χ1v) is 6.46. The summed E-state index contributed by atoms with van der Waals surface area (Å²) in [7, 11) is 0. The first-order valence-electron chi connectivity index (χ1n) is 6.46. The highest BCUT2D eigenvalue weighted by atomic mass is 16.5. The maximum atomic E-state index is 5.43. The molecule has 3 rings (SSSR count). The van der Waals surface area contributed by atoms with E-state index in [1.165, 1.54) is 11.3 Å². The van der Waals surface area contributed by atoms with Crippen molar-refractivity contribution in [2.75, 3.05) is 11.9 Å². The maximum absolute atomic E-state index is 5.43. The number of rotatable bonds is 3. The third kappa shape index (κ3) is 1.78. The van der Waals surface area contributed by atoms with Gasteiger partial charge in [0.2, 0.25) is 5.89 Å². The molecule has 0 saturated heterocycles. The standard InChI is InChI=1S/C14H17N3O/c1-3-9(2)13-16-14(18-17-13)11-8-15-12-7-5-4-6-10(11)12/h4-7,9,11,15H,3,8H2,1-2H3. The highest BCUT2D eigenvalue weighted by Gasteiger charge is 2.28. The van der Waals surface area contributed by atoms with E-state index in [1.807, 2.05) is 12.1 Å². The Morgan fingerprint density at radius 1 is 1.44 bits per heavy atom. The molecule has 2 aromatic rings. The summed E-state index contributed by atoms with van der Waals surface area (Å²) in [5.41, 5.74) is 2.42. The third-order valence-corrected chi connectivity index (χ3v) is 3.64. The van der Waals surface area contributed by atoms with Gasteiger partial charge < -0.3 is 9.84 Å². The van der Waals surface area contributed by atoms with Gasteiger partial charge in [0.15, 0.2) is 5.82 Å². The smallest absolute Gasteiger partial charge is 0.236 e. The quantitative estimate of drug-likeness (QED) is 0.899. The molecule has 4 heteroatoms. The molecule has 0 fully saturated rings. The molecule has 1 aliphatic heterocycles. The number of benzene rings is 1. The summed E-state index contributed by atoms with van der Waals surface area (Å²) in [6.07, 6.45) is 1.03. The molecule has 18 heavy (non-hydrogen) atoms. The van der Waals surface area contributed by atoms with Gasteiger partial charge in [-0.25, -0.2) is 0 Å². The van der Waals surface area contributed by atoms with Gasteiger partial charge in [-0.3, -0.25) is 0 Å². The van der Waals surface area contributed by atoms with Gasteiger partial charge in [-0.05, 0) is 18.1 Å². The first-order chi connectivity index (χ1) is 8.79. The molecular formula is C14H17N3O. The Labute approximate surface area is 106 Å². The lowest BCUT2D eigenvalue weighted by atomic mass is 10.0. The van der Waals surface area contributed by atoms with E-state index < -0.39 is 0 Å². The van der Waals surface area contributed by atoms with Crippen LogP contribution >= 0.6 is 0 Å². The Morgan fingerprint density at radius 2 is 2.28 bits per heavy atom. The fourth-order valence-electron chi connectivity index (χ4n) is 2.28. The Kier molecular flexibility index (Phi) is 2.78. The van der Waals surface area contributed by atoms with Gasteiger partial charge in [-0.1, -0.05) is 37.2 Å². The van der Waals surface area contributed by atoms with Crippen LogP contribution in [-0.4, -0.2) is 16.7 Å². The summed E-state index contributed by atoms with van der Waals surface area (Å²) in [5, 5.41) is 7.46. The minimum absolute atomic E-state index is 0.187. The van der Waals surface area contributed by atoms with E-state index in [1.54, 1.807) is 0 Å². The van der Waals surface area contributed by atoms with Gasteiger partial charge in [0.25, 0.3) is 0 Å². The predicted octanol–water partition coefficient (Wildman–Crippen LogP) is 3.14. The number of hydrogen-bond acceptors (Lipinski definition) is 4. The van der Waals surface area contributed by atoms with Gasteiger partial charge in [0.1, 0.15) is 0 Å². The van der Waals surface area contributed by atoms with Gasteiger partial charge in [0, 0.05) is 18.2 Å². The number of para-hydroxylation sites is 1. The van der Waals surface area contributed by atoms with Crippen molar-refractivity contribution in [3.8, 4) is 0 Å². The number of nitrogens with one attached hydrogen (secondary N) is 1. The molecule has 1 aliphatic rings. The second kappa shape index (κ2) is 4.44. The molecular weight excluding hydrogens is 226 g/mol. The van der Waals surface area contributed by atoms with E-state index in [2.05, 4.69) is 41.4 Å². The lowest BCUT2D eigenvalue weighted by molar-refractivity contribution is 0.362. The van der Waals surface area contributed by atoms with Crippen LogP contribution in [-0.2, 0) is 0 Å². The molecule has 0 bridgehead atoms. The fourth-order valence-corrected chi connectivity index (χ4v) is 2.28. The maximum Gasteiger partial charge on any atom is 0.236 e. The minimum Gasteiger partial charge on any atom is -0.384 e. The van der Waals surface area contributed by atoms with E-state index in [9.17, 15) is 0 Å². The fraction of sp³-hybridized carbons (Fsp3) is 0.429. The monoisotopic (exact) mass is 243 g/mol. The summed E-state index contributed by atoms with van der Waals surface area (Å²) in [6.45, 7) is 5.09. The Balaban J connectivity index is 1.91. The number of anilines is 1. The summed E-state index contributed by atoms with van der Waals surface area (Å²) in [4.78, 5) is 4.54. The van der Waals surface area contributed by atoms with Gasteiger partial charge in [-0.15, -0.1) is 0 Å². The van der Waals surface area contributed by atoms with Crippen LogP contribution in [0.4, 0.5) is 5.69 Å². The van der Waals surface area contributed by atoms with Gasteiger partial charge >= 0.3 is 0 Å². The molecule has 0 radical (unpaired) electrons. The summed E-state index contributed by atoms with van der Waals surface area (Å²) >= 11 is 0. The largest absolute Gasteiger partial charge is 0.384 e. The van der Waals surface area contributed by atoms with E-state index >= 15 is 0 Å². The average Bonchev–Trinajstić information content (AvgIpc) is 3.03. The Hall–Kier alpha value is -1.84. The first kappa shape index (κ1) is 11.3. The lowest BCUT2D eigenvalue weighted by Gasteiger charge is -2.03. The summed E-state index contributed by atoms with van der Waals surface area (Å²) in [5.74, 6) is 2.08. The van der Waals surface area contributed by atoms with Gasteiger partial charge in [-0.2, -0.15) is 4.98 Å². The van der Waals surface area contributed by atoms with Gasteiger partial charge in [0.05, 0.1) is 5.92 Å². The molecule has 0 saturated carbocycles. The highest BCUT2D eigenvalue weighted by Crippen LogP contribution is 2.35. The molecule has 1 N–H and O–H groups in total. The number of nitrogens with zero attached hydrogens (tertiary/aromatic N) is 2. The second-order valence-electron chi connectivity index (χ2n) is 4.82. The second-order valence-corrected chi connectivity index (χ2v) is 4.82. The van der Waals surface area contributed by atoms with Crippen LogP contribution in [0, 0.1) is 0 Å². The van der Waals surface area contributed by atoms with Crippen LogP contribution in [0.5, 0.6) is 0 Å². The molecule has 0 amide bonds. The molecule has 0 spiro atoms. The van der Waals surface area contributed by atoms with Crippen molar-refractivity contribution in [3.05, 3.63) is 41.5 Å².